The smallest absolute Gasteiger partial charge is 0.303 e. The van der Waals surface area contributed by atoms with Crippen LogP contribution in [0.25, 0.3) is 10.9 Å². The molecule has 10 heteroatoms. The molecule has 2 aromatic heterocycles. The maximum absolute atomic E-state index is 12.0. The molecule has 34 heavy (non-hydrogen) atoms. The van der Waals surface area contributed by atoms with Crippen molar-refractivity contribution in [3.63, 3.8) is 0 Å². The molecule has 0 aliphatic carbocycles. The van der Waals surface area contributed by atoms with Crippen LogP contribution in [0.1, 0.15) is 37.4 Å². The van der Waals surface area contributed by atoms with E-state index in [-0.39, 0.29) is 6.61 Å². The molecule has 1 aliphatic heterocycles. The summed E-state index contributed by atoms with van der Waals surface area (Å²) in [5.41, 5.74) is 1.74. The number of fused-ring (bicyclic) bond motifs is 1. The monoisotopic (exact) mass is 505 g/mol. The Hall–Kier alpha value is -2.88. The zero-order chi connectivity index (χ0) is 24.4. The van der Waals surface area contributed by atoms with Crippen molar-refractivity contribution in [2.24, 2.45) is 0 Å². The summed E-state index contributed by atoms with van der Waals surface area (Å²) in [7, 11) is 0. The van der Waals surface area contributed by atoms with E-state index < -0.39 is 42.4 Å². The number of halogens is 1. The minimum absolute atomic E-state index is 0.0551. The van der Waals surface area contributed by atoms with E-state index in [0.29, 0.717) is 11.4 Å². The molecule has 8 nitrogen and oxygen atoms in total. The van der Waals surface area contributed by atoms with Gasteiger partial charge in [0, 0.05) is 43.7 Å². The number of nitrogens with zero attached hydrogens (tertiary/aromatic N) is 1. The van der Waals surface area contributed by atoms with Crippen LogP contribution in [0.3, 0.4) is 0 Å². The maximum atomic E-state index is 12.0. The third-order valence-electron chi connectivity index (χ3n) is 5.43. The van der Waals surface area contributed by atoms with Crippen LogP contribution in [0.4, 0.5) is 0 Å². The van der Waals surface area contributed by atoms with Crippen LogP contribution >= 0.6 is 22.9 Å². The minimum atomic E-state index is -1.07. The summed E-state index contributed by atoms with van der Waals surface area (Å²) < 4.78 is 24.3. The van der Waals surface area contributed by atoms with Gasteiger partial charge in [0.05, 0.1) is 17.1 Å². The van der Waals surface area contributed by atoms with E-state index in [1.807, 2.05) is 46.5 Å². The van der Waals surface area contributed by atoms with Gasteiger partial charge in [0.1, 0.15) is 0 Å². The highest BCUT2D eigenvalue weighted by Gasteiger charge is 2.48. The van der Waals surface area contributed by atoms with Crippen molar-refractivity contribution in [1.82, 2.24) is 4.57 Å². The summed E-state index contributed by atoms with van der Waals surface area (Å²) in [6.45, 7) is 3.69. The summed E-state index contributed by atoms with van der Waals surface area (Å²) in [6.07, 6.45) is -1.34. The molecule has 1 aliphatic rings. The molecule has 4 rings (SSSR count). The van der Waals surface area contributed by atoms with E-state index >= 15 is 0 Å². The Morgan fingerprint density at radius 1 is 1.03 bits per heavy atom. The second-order valence-corrected chi connectivity index (χ2v) is 9.41. The van der Waals surface area contributed by atoms with Gasteiger partial charge < -0.3 is 23.5 Å². The predicted molar refractivity (Wildman–Crippen MR) is 126 cm³/mol. The number of hydrogen-bond acceptors (Lipinski definition) is 8. The number of thiophene rings is 1. The first-order valence-electron chi connectivity index (χ1n) is 10.7. The Balaban J connectivity index is 1.80. The summed E-state index contributed by atoms with van der Waals surface area (Å²) in [5, 5.41) is 3.45. The first-order chi connectivity index (χ1) is 16.2. The van der Waals surface area contributed by atoms with Gasteiger partial charge in [-0.05, 0) is 29.1 Å². The molecule has 0 bridgehead atoms. The summed E-state index contributed by atoms with van der Waals surface area (Å²) in [4.78, 5) is 36.7. The lowest BCUT2D eigenvalue weighted by molar-refractivity contribution is -0.239. The Labute approximate surface area is 205 Å². The first-order valence-corrected chi connectivity index (χ1v) is 11.9. The lowest BCUT2D eigenvalue weighted by Gasteiger charge is -2.41. The van der Waals surface area contributed by atoms with Crippen molar-refractivity contribution in [1.29, 1.82) is 0 Å². The van der Waals surface area contributed by atoms with Crippen LogP contribution in [0.2, 0.25) is 5.02 Å². The van der Waals surface area contributed by atoms with Gasteiger partial charge in [0.2, 0.25) is 0 Å². The number of carbonyl (C=O) groups is 3. The van der Waals surface area contributed by atoms with Crippen molar-refractivity contribution in [2.75, 3.05) is 6.61 Å². The Bertz CT molecular complexity index is 1210. The lowest BCUT2D eigenvalue weighted by atomic mass is 10.0. The van der Waals surface area contributed by atoms with Gasteiger partial charge >= 0.3 is 17.9 Å². The van der Waals surface area contributed by atoms with Crippen molar-refractivity contribution in [3.05, 3.63) is 57.4 Å². The van der Waals surface area contributed by atoms with Gasteiger partial charge in [-0.2, -0.15) is 0 Å². The molecule has 0 spiro atoms. The van der Waals surface area contributed by atoms with Gasteiger partial charge in [-0.1, -0.05) is 23.7 Å². The van der Waals surface area contributed by atoms with Gasteiger partial charge in [-0.15, -0.1) is 11.3 Å². The summed E-state index contributed by atoms with van der Waals surface area (Å²) >= 11 is 8.23. The fourth-order valence-electron chi connectivity index (χ4n) is 4.25. The minimum Gasteiger partial charge on any atom is -0.456 e. The van der Waals surface area contributed by atoms with Gasteiger partial charge in [-0.3, -0.25) is 14.4 Å². The summed E-state index contributed by atoms with van der Waals surface area (Å²) in [6, 6.07) is 9.57. The third kappa shape index (κ3) is 5.11. The van der Waals surface area contributed by atoms with Crippen LogP contribution in [-0.2, 0) is 39.8 Å². The number of ether oxygens (including phenoxy) is 4. The average Bonchev–Trinajstić information content (AvgIpc) is 3.39. The molecule has 4 atom stereocenters. The Morgan fingerprint density at radius 2 is 1.74 bits per heavy atom. The first kappa shape index (κ1) is 24.3. The van der Waals surface area contributed by atoms with Crippen molar-refractivity contribution < 1.29 is 33.3 Å². The van der Waals surface area contributed by atoms with Crippen molar-refractivity contribution in [3.8, 4) is 0 Å². The molecule has 1 aromatic carbocycles. The normalized spacial score (nSPS) is 22.4. The van der Waals surface area contributed by atoms with E-state index in [1.54, 1.807) is 11.3 Å². The number of esters is 3. The fourth-order valence-corrected chi connectivity index (χ4v) is 5.27. The van der Waals surface area contributed by atoms with Crippen LogP contribution in [0, 0.1) is 0 Å². The average molecular weight is 506 g/mol. The molecular weight excluding hydrogens is 482 g/mol. The highest BCUT2D eigenvalue weighted by Crippen LogP contribution is 2.37. The van der Waals surface area contributed by atoms with Crippen LogP contribution in [0.15, 0.2) is 41.9 Å². The van der Waals surface area contributed by atoms with Crippen LogP contribution in [0.5, 0.6) is 0 Å². The van der Waals surface area contributed by atoms with Crippen LogP contribution in [-0.4, -0.2) is 47.4 Å². The highest BCUT2D eigenvalue weighted by molar-refractivity contribution is 7.09. The molecule has 3 aromatic rings. The molecule has 0 N–H and O–H groups in total. The third-order valence-corrected chi connectivity index (χ3v) is 6.62. The molecule has 0 radical (unpaired) electrons. The molecule has 1 fully saturated rings. The van der Waals surface area contributed by atoms with Crippen molar-refractivity contribution >= 4 is 51.7 Å². The molecule has 3 heterocycles. The van der Waals surface area contributed by atoms with E-state index in [1.165, 1.54) is 20.8 Å². The van der Waals surface area contributed by atoms with Crippen molar-refractivity contribution in [2.45, 2.75) is 51.7 Å². The maximum Gasteiger partial charge on any atom is 0.303 e. The topological polar surface area (TPSA) is 93.1 Å². The fraction of sp³-hybridized carbons (Fsp3) is 0.375. The van der Waals surface area contributed by atoms with Crippen LogP contribution < -0.4 is 0 Å². The molecular formula is C24H24ClNO7S. The zero-order valence-corrected chi connectivity index (χ0v) is 20.4. The van der Waals surface area contributed by atoms with E-state index in [2.05, 4.69) is 0 Å². The van der Waals surface area contributed by atoms with Gasteiger partial charge in [0.15, 0.2) is 24.5 Å². The van der Waals surface area contributed by atoms with Gasteiger partial charge in [0.25, 0.3) is 0 Å². The SMILES string of the molecule is CC(=O)O[C@@H]1[C@@H](OC(C)=O)[C@H](OC(C)=O)CO[C@H]1n1cc(Cc2cccs2)c2c(Cl)cccc21. The number of rotatable bonds is 6. The Kier molecular flexibility index (Phi) is 7.25. The largest absolute Gasteiger partial charge is 0.456 e. The highest BCUT2D eigenvalue weighted by atomic mass is 35.5. The Morgan fingerprint density at radius 3 is 2.38 bits per heavy atom. The zero-order valence-electron chi connectivity index (χ0n) is 18.9. The van der Waals surface area contributed by atoms with E-state index in [0.717, 1.165) is 21.3 Å². The second kappa shape index (κ2) is 10.2. The molecule has 0 saturated carbocycles. The standard InChI is InChI=1S/C24H24ClNO7S/c1-13(27)31-20-12-30-24(23(33-15(3)29)22(20)32-14(2)28)26-11-16(10-17-6-5-9-34-17)21-18(25)7-4-8-19(21)26/h4-9,11,20,22-24H,10,12H2,1-3H3/t20-,22+,23-,24-/m1/s1. The number of benzene rings is 1. The molecule has 180 valence electrons. The second-order valence-electron chi connectivity index (χ2n) is 7.97. The lowest BCUT2D eigenvalue weighted by Crippen LogP contribution is -2.55. The van der Waals surface area contributed by atoms with E-state index in [4.69, 9.17) is 30.5 Å². The summed E-state index contributed by atoms with van der Waals surface area (Å²) in [5.74, 6) is -1.76. The predicted octanol–water partition coefficient (Wildman–Crippen LogP) is 4.27. The number of carbonyl (C=O) groups excluding carboxylic acids is 3. The molecule has 0 unspecified atom stereocenters. The number of aromatic nitrogens is 1. The van der Waals surface area contributed by atoms with E-state index in [9.17, 15) is 14.4 Å². The molecule has 0 amide bonds. The quantitative estimate of drug-likeness (QED) is 0.365. The van der Waals surface area contributed by atoms with Gasteiger partial charge in [-0.25, -0.2) is 0 Å². The molecule has 1 saturated heterocycles. The number of hydrogen-bond donors (Lipinski definition) is 0.